The molecule has 2 aliphatic rings. The second-order valence-electron chi connectivity index (χ2n) is 11.0. The molecule has 2 fully saturated rings. The Morgan fingerprint density at radius 1 is 0.953 bits per heavy atom. The van der Waals surface area contributed by atoms with Gasteiger partial charge >= 0.3 is 5.69 Å². The van der Waals surface area contributed by atoms with Crippen molar-refractivity contribution in [2.45, 2.75) is 62.6 Å². The Labute approximate surface area is 252 Å². The third-order valence-corrected chi connectivity index (χ3v) is 9.71. The Morgan fingerprint density at radius 2 is 1.60 bits per heavy atom. The number of hydrogen-bond donors (Lipinski definition) is 3. The van der Waals surface area contributed by atoms with Gasteiger partial charge in [0.05, 0.1) is 16.6 Å². The fraction of sp³-hybridized carbons (Fsp3) is 0.452. The van der Waals surface area contributed by atoms with Crippen LogP contribution in [0.5, 0.6) is 0 Å². The van der Waals surface area contributed by atoms with Crippen molar-refractivity contribution < 1.29 is 18.0 Å². The zero-order valence-electron chi connectivity index (χ0n) is 24.5. The monoisotopic (exact) mass is 608 g/mol. The minimum atomic E-state index is -3.82. The van der Waals surface area contributed by atoms with E-state index in [0.717, 1.165) is 19.3 Å². The van der Waals surface area contributed by atoms with Gasteiger partial charge in [-0.2, -0.15) is 0 Å². The zero-order valence-corrected chi connectivity index (χ0v) is 25.3. The maximum absolute atomic E-state index is 14.4. The number of carbonyl (C=O) groups is 2. The molecular formula is C31H40N6O5S. The van der Waals surface area contributed by atoms with E-state index in [1.807, 2.05) is 30.3 Å². The van der Waals surface area contributed by atoms with Crippen molar-refractivity contribution in [3.05, 3.63) is 76.8 Å². The van der Waals surface area contributed by atoms with Crippen molar-refractivity contribution >= 4 is 21.8 Å². The summed E-state index contributed by atoms with van der Waals surface area (Å²) in [6.07, 6.45) is 3.53. The minimum absolute atomic E-state index is 0.0381. The fourth-order valence-electron chi connectivity index (χ4n) is 6.06. The number of amides is 2. The van der Waals surface area contributed by atoms with Crippen LogP contribution in [-0.4, -0.2) is 73.0 Å². The van der Waals surface area contributed by atoms with Crippen LogP contribution in [0.25, 0.3) is 11.3 Å². The van der Waals surface area contributed by atoms with E-state index in [1.54, 1.807) is 34.6 Å². The lowest BCUT2D eigenvalue weighted by molar-refractivity contribution is -0.122. The number of rotatable bonds is 10. The van der Waals surface area contributed by atoms with Gasteiger partial charge in [-0.15, -0.1) is 0 Å². The molecule has 43 heavy (non-hydrogen) atoms. The Hall–Kier alpha value is -3.74. The predicted octanol–water partition coefficient (Wildman–Crippen LogP) is 2.35. The van der Waals surface area contributed by atoms with Gasteiger partial charge in [-0.1, -0.05) is 68.3 Å². The molecule has 2 aromatic carbocycles. The summed E-state index contributed by atoms with van der Waals surface area (Å²) in [5, 5.41) is 6.38. The molecule has 1 aromatic heterocycles. The number of imidazole rings is 1. The number of hydrogen-bond acceptors (Lipinski definition) is 6. The number of aromatic nitrogens is 2. The maximum atomic E-state index is 14.4. The Morgan fingerprint density at radius 3 is 2.28 bits per heavy atom. The van der Waals surface area contributed by atoms with Crippen LogP contribution in [0.4, 0.5) is 0 Å². The van der Waals surface area contributed by atoms with Gasteiger partial charge in [0, 0.05) is 57.3 Å². The highest BCUT2D eigenvalue weighted by Gasteiger charge is 2.36. The van der Waals surface area contributed by atoms with E-state index < -0.39 is 10.0 Å². The number of piperazine rings is 1. The summed E-state index contributed by atoms with van der Waals surface area (Å²) < 4.78 is 31.6. The highest BCUT2D eigenvalue weighted by atomic mass is 32.2. The van der Waals surface area contributed by atoms with Gasteiger partial charge in [-0.05, 0) is 25.0 Å². The number of nitrogens with zero attached hydrogens (tertiary/aromatic N) is 3. The third-order valence-electron chi connectivity index (χ3n) is 8.24. The first-order valence-corrected chi connectivity index (χ1v) is 16.5. The van der Waals surface area contributed by atoms with Crippen LogP contribution < -0.4 is 21.0 Å². The van der Waals surface area contributed by atoms with Gasteiger partial charge in [-0.25, -0.2) is 17.9 Å². The highest BCUT2D eigenvalue weighted by molar-refractivity contribution is 7.89. The van der Waals surface area contributed by atoms with Gasteiger partial charge in [0.25, 0.3) is 5.91 Å². The topological polar surface area (TPSA) is 135 Å². The molecule has 1 unspecified atom stereocenters. The van der Waals surface area contributed by atoms with Crippen molar-refractivity contribution in [2.75, 3.05) is 32.7 Å². The summed E-state index contributed by atoms with van der Waals surface area (Å²) in [5.41, 5.74) is 1.07. The Balaban J connectivity index is 1.62. The smallest absolute Gasteiger partial charge is 0.329 e. The Kier molecular flexibility index (Phi) is 9.79. The molecule has 3 N–H and O–H groups in total. The fourth-order valence-corrected chi connectivity index (χ4v) is 7.10. The molecule has 11 nitrogen and oxygen atoms in total. The van der Waals surface area contributed by atoms with Crippen molar-refractivity contribution in [1.29, 1.82) is 0 Å². The number of sulfonamides is 1. The van der Waals surface area contributed by atoms with Gasteiger partial charge in [0.15, 0.2) is 0 Å². The average Bonchev–Trinajstić information content (AvgIpc) is 3.33. The lowest BCUT2D eigenvalue weighted by Crippen LogP contribution is -2.47. The van der Waals surface area contributed by atoms with Gasteiger partial charge in [-0.3, -0.25) is 18.7 Å². The molecule has 2 amide bonds. The summed E-state index contributed by atoms with van der Waals surface area (Å²) >= 11 is 0. The van der Waals surface area contributed by atoms with E-state index in [4.69, 9.17) is 0 Å². The maximum Gasteiger partial charge on any atom is 0.329 e. The molecule has 1 aliphatic carbocycles. The third kappa shape index (κ3) is 6.76. The first kappa shape index (κ1) is 30.7. The van der Waals surface area contributed by atoms with Crippen LogP contribution >= 0.6 is 0 Å². The summed E-state index contributed by atoms with van der Waals surface area (Å²) in [5.74, 6) is -0.356. The lowest BCUT2D eigenvalue weighted by Gasteiger charge is -2.34. The second kappa shape index (κ2) is 13.7. The summed E-state index contributed by atoms with van der Waals surface area (Å²) in [4.78, 5) is 43.1. The molecule has 0 bridgehead atoms. The molecule has 5 rings (SSSR count). The average molecular weight is 609 g/mol. The minimum Gasteiger partial charge on any atom is -0.351 e. The van der Waals surface area contributed by atoms with E-state index in [0.29, 0.717) is 50.3 Å². The van der Waals surface area contributed by atoms with Crippen LogP contribution in [0.15, 0.2) is 70.4 Å². The van der Waals surface area contributed by atoms with Crippen LogP contribution in [-0.2, 0) is 21.4 Å². The number of benzene rings is 2. The number of nitrogens with one attached hydrogen (secondary N) is 3. The van der Waals surface area contributed by atoms with Crippen molar-refractivity contribution in [1.82, 2.24) is 29.4 Å². The van der Waals surface area contributed by atoms with E-state index in [2.05, 4.69) is 15.4 Å². The molecule has 1 aliphatic heterocycles. The number of carbonyl (C=O) groups excluding carboxylic acids is 2. The van der Waals surface area contributed by atoms with E-state index >= 15 is 0 Å². The molecule has 1 saturated carbocycles. The largest absolute Gasteiger partial charge is 0.351 e. The molecule has 0 spiro atoms. The standard InChI is InChI=1S/C31H40N6O5S/c1-2-27(38)34-25-15-9-10-16-26(25)37-28(23-11-5-3-6-12-23)29(30(39)35-20-17-32-18-21-35)36(31(37)40)22-19-33-43(41,42)24-13-7-4-8-14-24/h3-8,11-14,25-26,32-33H,2,9-10,15-22H2,1H3,(H,34,38)/t25-,26?/m0/s1. The molecule has 230 valence electrons. The van der Waals surface area contributed by atoms with Crippen LogP contribution in [0, 0.1) is 0 Å². The molecule has 0 radical (unpaired) electrons. The molecular weight excluding hydrogens is 568 g/mol. The Bertz CT molecular complexity index is 1580. The first-order valence-electron chi connectivity index (χ1n) is 15.1. The van der Waals surface area contributed by atoms with E-state index in [-0.39, 0.29) is 53.3 Å². The van der Waals surface area contributed by atoms with Crippen molar-refractivity contribution in [2.24, 2.45) is 0 Å². The molecule has 2 atom stereocenters. The van der Waals surface area contributed by atoms with Crippen molar-refractivity contribution in [3.63, 3.8) is 0 Å². The highest BCUT2D eigenvalue weighted by Crippen LogP contribution is 2.34. The summed E-state index contributed by atoms with van der Waals surface area (Å²) in [6, 6.07) is 16.8. The molecule has 12 heteroatoms. The molecule has 3 aromatic rings. The predicted molar refractivity (Wildman–Crippen MR) is 164 cm³/mol. The normalized spacial score (nSPS) is 19.2. The second-order valence-corrected chi connectivity index (χ2v) is 12.8. The first-order chi connectivity index (χ1) is 20.8. The van der Waals surface area contributed by atoms with Gasteiger partial charge in [0.2, 0.25) is 15.9 Å². The van der Waals surface area contributed by atoms with E-state index in [9.17, 15) is 22.8 Å². The van der Waals surface area contributed by atoms with Gasteiger partial charge in [0.1, 0.15) is 5.69 Å². The lowest BCUT2D eigenvalue weighted by atomic mass is 9.89. The quantitative estimate of drug-likeness (QED) is 0.324. The summed E-state index contributed by atoms with van der Waals surface area (Å²) in [7, 11) is -3.82. The zero-order chi connectivity index (χ0) is 30.4. The SMILES string of the molecule is CCC(=O)N[C@H]1CCCCC1n1c(-c2ccccc2)c(C(=O)N2CCNCC2)n(CCNS(=O)(=O)c2ccccc2)c1=O. The van der Waals surface area contributed by atoms with E-state index in [1.165, 1.54) is 16.7 Å². The van der Waals surface area contributed by atoms with Crippen LogP contribution in [0.3, 0.4) is 0 Å². The molecule has 1 saturated heterocycles. The van der Waals surface area contributed by atoms with Crippen LogP contribution in [0.2, 0.25) is 0 Å². The molecule has 2 heterocycles. The van der Waals surface area contributed by atoms with Crippen molar-refractivity contribution in [3.8, 4) is 11.3 Å². The van der Waals surface area contributed by atoms with Gasteiger partial charge < -0.3 is 15.5 Å². The van der Waals surface area contributed by atoms with Crippen LogP contribution in [0.1, 0.15) is 55.6 Å². The summed E-state index contributed by atoms with van der Waals surface area (Å²) in [6.45, 7) is 3.94.